The number of esters is 1. The van der Waals surface area contributed by atoms with Gasteiger partial charge in [0.1, 0.15) is 11.7 Å². The second-order valence-electron chi connectivity index (χ2n) is 7.00. The van der Waals surface area contributed by atoms with Crippen LogP contribution in [-0.2, 0) is 28.6 Å². The molecule has 172 valence electrons. The van der Waals surface area contributed by atoms with E-state index in [1.807, 2.05) is 0 Å². The first-order valence-corrected chi connectivity index (χ1v) is 8.57. The molecule has 0 saturated heterocycles. The summed E-state index contributed by atoms with van der Waals surface area (Å²) in [6.07, 6.45) is -9.46. The fourth-order valence-electron chi connectivity index (χ4n) is 3.18. The Morgan fingerprint density at radius 3 is 1.97 bits per heavy atom. The summed E-state index contributed by atoms with van der Waals surface area (Å²) in [4.78, 5) is 43.4. The van der Waals surface area contributed by atoms with Gasteiger partial charge in [0.25, 0.3) is 0 Å². The van der Waals surface area contributed by atoms with Gasteiger partial charge in [0, 0.05) is 12.8 Å². The zero-order valence-electron chi connectivity index (χ0n) is 16.0. The zero-order chi connectivity index (χ0) is 23.6. The average Bonchev–Trinajstić information content (AvgIpc) is 3.19. The van der Waals surface area contributed by atoms with Gasteiger partial charge in [-0.3, -0.25) is 9.59 Å². The van der Waals surface area contributed by atoms with E-state index in [4.69, 9.17) is 35.0 Å². The number of aliphatic carboxylic acids is 2. The molecule has 2 aliphatic rings. The Morgan fingerprint density at radius 1 is 1.07 bits per heavy atom. The van der Waals surface area contributed by atoms with Crippen LogP contribution >= 0.6 is 0 Å². The molecule has 0 aromatic heterocycles. The van der Waals surface area contributed by atoms with Gasteiger partial charge in [-0.05, 0) is 26.2 Å². The van der Waals surface area contributed by atoms with Gasteiger partial charge in [0.05, 0.1) is 12.0 Å². The molecule has 0 heterocycles. The molecule has 0 radical (unpaired) electrons. The highest BCUT2D eigenvalue weighted by Crippen LogP contribution is 2.62. The molecule has 30 heavy (non-hydrogen) atoms. The molecule has 6 atom stereocenters. The molecule has 4 N–H and O–H groups in total. The quantitative estimate of drug-likeness (QED) is 0.319. The number of carboxylic acids is 2. The van der Waals surface area contributed by atoms with Crippen molar-refractivity contribution < 1.29 is 61.2 Å². The van der Waals surface area contributed by atoms with Crippen molar-refractivity contribution in [2.24, 2.45) is 23.5 Å². The van der Waals surface area contributed by atoms with Crippen LogP contribution < -0.4 is 5.73 Å². The number of hydrogen-bond acceptors (Lipinski definition) is 8. The maximum Gasteiger partial charge on any atom is 0.511 e. The number of carbonyl (C=O) groups is 4. The normalized spacial score (nSPS) is 30.3. The van der Waals surface area contributed by atoms with E-state index in [-0.39, 0.29) is 12.5 Å². The first-order chi connectivity index (χ1) is 13.5. The van der Waals surface area contributed by atoms with Crippen LogP contribution in [0.25, 0.3) is 0 Å². The van der Waals surface area contributed by atoms with Gasteiger partial charge in [0.15, 0.2) is 0 Å². The Bertz CT molecular complexity index is 699. The lowest BCUT2D eigenvalue weighted by molar-refractivity contribution is -0.192. The van der Waals surface area contributed by atoms with E-state index >= 15 is 0 Å². The van der Waals surface area contributed by atoms with Crippen LogP contribution in [0.4, 0.5) is 22.4 Å². The number of carbonyl (C=O) groups excluding carboxylic acids is 2. The van der Waals surface area contributed by atoms with Crippen LogP contribution in [0, 0.1) is 17.8 Å². The predicted molar refractivity (Wildman–Crippen MR) is 86.5 cm³/mol. The fourth-order valence-corrected chi connectivity index (χ4v) is 3.18. The van der Waals surface area contributed by atoms with Crippen LogP contribution in [-0.4, -0.2) is 64.6 Å². The van der Waals surface area contributed by atoms with Gasteiger partial charge >= 0.3 is 30.2 Å². The van der Waals surface area contributed by atoms with Crippen molar-refractivity contribution in [1.29, 1.82) is 0 Å². The number of carboxylic acid groups (broad SMARTS) is 2. The van der Waals surface area contributed by atoms with Gasteiger partial charge in [-0.1, -0.05) is 0 Å². The van der Waals surface area contributed by atoms with Crippen LogP contribution in [0.5, 0.6) is 0 Å². The second-order valence-corrected chi connectivity index (χ2v) is 7.00. The second kappa shape index (κ2) is 9.02. The lowest BCUT2D eigenvalue weighted by atomic mass is 9.90. The molecule has 2 saturated carbocycles. The number of halogens is 4. The highest BCUT2D eigenvalue weighted by atomic mass is 19.4. The zero-order valence-corrected chi connectivity index (χ0v) is 16.0. The first-order valence-electron chi connectivity index (χ1n) is 8.57. The molecule has 0 aromatic rings. The average molecular weight is 447 g/mol. The molecular weight excluding hydrogens is 426 g/mol. The van der Waals surface area contributed by atoms with Crippen LogP contribution in [0.1, 0.15) is 27.2 Å². The van der Waals surface area contributed by atoms with Crippen molar-refractivity contribution in [3.63, 3.8) is 0 Å². The molecule has 0 aliphatic heterocycles. The molecule has 0 aromatic carbocycles. The molecular formula is C16H21F4NO9. The number of alkyl halides is 4. The summed E-state index contributed by atoms with van der Waals surface area (Å²) in [6, 6.07) is 0. The maximum absolute atomic E-state index is 13.8. The van der Waals surface area contributed by atoms with Gasteiger partial charge in [-0.2, -0.15) is 13.2 Å². The monoisotopic (exact) mass is 447 g/mol. The minimum Gasteiger partial charge on any atom is -0.480 e. The largest absolute Gasteiger partial charge is 0.511 e. The first kappa shape index (κ1) is 25.4. The van der Waals surface area contributed by atoms with E-state index in [0.717, 1.165) is 0 Å². The third-order valence-electron chi connectivity index (χ3n) is 4.48. The van der Waals surface area contributed by atoms with Crippen LogP contribution in [0.15, 0.2) is 0 Å². The summed E-state index contributed by atoms with van der Waals surface area (Å²) in [6.45, 7) is 4.58. The highest BCUT2D eigenvalue weighted by molar-refractivity contribution is 5.86. The minimum absolute atomic E-state index is 0.0993. The molecule has 2 fully saturated rings. The van der Waals surface area contributed by atoms with Crippen LogP contribution in [0.2, 0.25) is 0 Å². The molecule has 10 nitrogen and oxygen atoms in total. The van der Waals surface area contributed by atoms with E-state index in [2.05, 4.69) is 0 Å². The number of hydrogen-bond donors (Lipinski definition) is 3. The SMILES string of the molecule is CC(C)OC(=O)OC(C)OC(=O)[C@H]1[C@@H]2C[C@H](F)[C@@](N)(C(=O)O)[C@@H]21.O=C(O)C(F)(F)F. The molecule has 1 unspecified atom stereocenters. The predicted octanol–water partition coefficient (Wildman–Crippen LogP) is 1.46. The van der Waals surface area contributed by atoms with Crippen LogP contribution in [0.3, 0.4) is 0 Å². The number of rotatable bonds is 5. The molecule has 2 rings (SSSR count). The lowest BCUT2D eigenvalue weighted by Crippen LogP contribution is -2.56. The molecule has 2 aliphatic carbocycles. The summed E-state index contributed by atoms with van der Waals surface area (Å²) in [7, 11) is 0. The third kappa shape index (κ3) is 5.70. The highest BCUT2D eigenvalue weighted by Gasteiger charge is 2.75. The van der Waals surface area contributed by atoms with E-state index in [1.54, 1.807) is 13.8 Å². The number of fused-ring (bicyclic) bond motifs is 1. The Morgan fingerprint density at radius 2 is 1.57 bits per heavy atom. The lowest BCUT2D eigenvalue weighted by Gasteiger charge is -2.25. The van der Waals surface area contributed by atoms with Crippen molar-refractivity contribution in [3.8, 4) is 0 Å². The number of nitrogens with two attached hydrogens (primary N) is 1. The Hall–Kier alpha value is -2.64. The summed E-state index contributed by atoms with van der Waals surface area (Å²) in [5, 5.41) is 16.2. The van der Waals surface area contributed by atoms with E-state index < -0.39 is 66.0 Å². The van der Waals surface area contributed by atoms with Gasteiger partial charge in [-0.15, -0.1) is 0 Å². The molecule has 0 amide bonds. The number of ether oxygens (including phenoxy) is 3. The fraction of sp³-hybridized carbons (Fsp3) is 0.750. The van der Waals surface area contributed by atoms with Crippen molar-refractivity contribution in [3.05, 3.63) is 0 Å². The van der Waals surface area contributed by atoms with E-state index in [9.17, 15) is 31.9 Å². The van der Waals surface area contributed by atoms with Crippen molar-refractivity contribution in [1.82, 2.24) is 0 Å². The van der Waals surface area contributed by atoms with E-state index in [0.29, 0.717) is 0 Å². The molecule has 0 bridgehead atoms. The van der Waals surface area contributed by atoms with Gasteiger partial charge in [0.2, 0.25) is 6.29 Å². The standard InChI is InChI=1S/C14H20FNO7.C2HF3O2/c1-5(2)21-13(20)23-6(3)22-11(17)9-7-4-8(15)14(16,10(7)9)12(18)19;3-2(4,5)1(6)7/h5-10H,4,16H2,1-3H3,(H,18,19);(H,6,7)/t6?,7-,8-,9-,10-,14-;/m0./s1. The van der Waals surface area contributed by atoms with E-state index in [1.165, 1.54) is 6.92 Å². The third-order valence-corrected chi connectivity index (χ3v) is 4.48. The Balaban J connectivity index is 0.000000553. The summed E-state index contributed by atoms with van der Waals surface area (Å²) >= 11 is 0. The summed E-state index contributed by atoms with van der Waals surface area (Å²) in [5.74, 6) is -7.06. The van der Waals surface area contributed by atoms with Gasteiger partial charge < -0.3 is 30.2 Å². The molecule has 14 heteroatoms. The molecule has 0 spiro atoms. The van der Waals surface area contributed by atoms with Crippen molar-refractivity contribution in [2.75, 3.05) is 0 Å². The Kier molecular flexibility index (Phi) is 7.63. The minimum atomic E-state index is -5.08. The topological polar surface area (TPSA) is 162 Å². The smallest absolute Gasteiger partial charge is 0.480 e. The maximum atomic E-state index is 13.8. The van der Waals surface area contributed by atoms with Gasteiger partial charge in [-0.25, -0.2) is 14.0 Å². The van der Waals surface area contributed by atoms with Crippen molar-refractivity contribution in [2.45, 2.75) is 57.5 Å². The summed E-state index contributed by atoms with van der Waals surface area (Å²) in [5.41, 5.74) is 3.56. The Labute approximate surface area is 167 Å². The van der Waals surface area contributed by atoms with Crippen molar-refractivity contribution >= 4 is 24.1 Å². The summed E-state index contributed by atoms with van der Waals surface area (Å²) < 4.78 is 59.9.